The quantitative estimate of drug-likeness (QED) is 0.0586. The lowest BCUT2D eigenvalue weighted by Gasteiger charge is -2.41. The van der Waals surface area contributed by atoms with Crippen molar-refractivity contribution in [2.24, 2.45) is 11.7 Å². The zero-order chi connectivity index (χ0) is 50.5. The number of fused-ring (bicyclic) bond motifs is 1. The third-order valence-corrected chi connectivity index (χ3v) is 12.6. The van der Waals surface area contributed by atoms with E-state index in [1.54, 1.807) is 38.1 Å². The number of carboxylic acids is 1. The van der Waals surface area contributed by atoms with Crippen molar-refractivity contribution in [2.45, 2.75) is 139 Å². The molecule has 3 fully saturated rings. The first-order chi connectivity index (χ1) is 32.7. The summed E-state index contributed by atoms with van der Waals surface area (Å²) < 4.78 is 0. The van der Waals surface area contributed by atoms with Crippen LogP contribution < -0.4 is 48.3 Å². The Labute approximate surface area is 399 Å². The zero-order valence-corrected chi connectivity index (χ0v) is 39.1. The predicted octanol–water partition coefficient (Wildman–Crippen LogP) is -2.43. The molecule has 1 unspecified atom stereocenters. The van der Waals surface area contributed by atoms with Crippen LogP contribution in [0.25, 0.3) is 0 Å². The van der Waals surface area contributed by atoms with Gasteiger partial charge in [-0.25, -0.2) is 0 Å². The molecule has 0 radical (unpaired) electrons. The Morgan fingerprint density at radius 2 is 1.41 bits per heavy atom. The van der Waals surface area contributed by atoms with Crippen LogP contribution in [0.4, 0.5) is 0 Å². The number of primary amides is 1. The van der Waals surface area contributed by atoms with Gasteiger partial charge in [-0.1, -0.05) is 74.5 Å². The minimum Gasteiger partial charge on any atom is -0.481 e. The smallest absolute Gasteiger partial charge is 0.305 e. The molecule has 12 N–H and O–H groups in total. The van der Waals surface area contributed by atoms with Crippen LogP contribution in [0, 0.1) is 5.92 Å². The Morgan fingerprint density at radius 3 is 2.00 bits per heavy atom. The average Bonchev–Trinajstić information content (AvgIpc) is 3.96. The van der Waals surface area contributed by atoms with Crippen molar-refractivity contribution >= 4 is 59.1 Å². The maximum absolute atomic E-state index is 14.1. The van der Waals surface area contributed by atoms with Crippen molar-refractivity contribution in [3.05, 3.63) is 71.8 Å². The van der Waals surface area contributed by atoms with Crippen LogP contribution in [0.5, 0.6) is 0 Å². The number of rotatable bonds is 22. The van der Waals surface area contributed by atoms with Gasteiger partial charge in [0.2, 0.25) is 53.2 Å². The number of aliphatic hydroxyl groups excluding tert-OH is 1. The molecule has 3 aliphatic heterocycles. The number of aliphatic hydroxyl groups is 1. The SMILES string of the molecule is CC(C)[C@H](NC(=O)[C@H](CC(=O)O)NC(=O)[C@@H](NC(=O)C1CCCN1)[C@@H](C)O)C(=O)NCC(=O)N[C@H]1C[C@H]2C[C@@H](c3ccccc3)C[C@@H](C(=O)N[C@@H](C)C(=O)N[C@@H](Cc3ccccc3)C(N)=O)N2C1=O. The molecule has 0 bridgehead atoms. The van der Waals surface area contributed by atoms with Gasteiger partial charge in [0.25, 0.3) is 0 Å². The average molecular weight is 961 g/mol. The van der Waals surface area contributed by atoms with E-state index >= 15 is 0 Å². The van der Waals surface area contributed by atoms with Crippen molar-refractivity contribution < 1.29 is 58.2 Å². The van der Waals surface area contributed by atoms with Gasteiger partial charge in [0.05, 0.1) is 25.1 Å². The second-order valence-corrected chi connectivity index (χ2v) is 18.2. The Morgan fingerprint density at radius 1 is 0.754 bits per heavy atom. The van der Waals surface area contributed by atoms with E-state index in [1.165, 1.54) is 18.7 Å². The van der Waals surface area contributed by atoms with Crippen molar-refractivity contribution in [1.29, 1.82) is 0 Å². The maximum Gasteiger partial charge on any atom is 0.305 e. The summed E-state index contributed by atoms with van der Waals surface area (Å²) in [7, 11) is 0. The number of hydrogen-bond acceptors (Lipinski definition) is 12. The molecular formula is C47H64N10O12. The van der Waals surface area contributed by atoms with Crippen LogP contribution in [0.15, 0.2) is 60.7 Å². The van der Waals surface area contributed by atoms with E-state index in [2.05, 4.69) is 42.5 Å². The van der Waals surface area contributed by atoms with E-state index in [0.29, 0.717) is 19.4 Å². The third-order valence-electron chi connectivity index (χ3n) is 12.6. The molecule has 22 heteroatoms. The fourth-order valence-corrected chi connectivity index (χ4v) is 8.89. The predicted molar refractivity (Wildman–Crippen MR) is 247 cm³/mol. The van der Waals surface area contributed by atoms with Crippen molar-refractivity contribution in [2.75, 3.05) is 13.1 Å². The lowest BCUT2D eigenvalue weighted by atomic mass is 9.81. The molecule has 374 valence electrons. The number of nitrogens with one attached hydrogen (secondary N) is 8. The van der Waals surface area contributed by atoms with Crippen molar-refractivity contribution in [1.82, 2.24) is 47.4 Å². The number of amides is 9. The summed E-state index contributed by atoms with van der Waals surface area (Å²) >= 11 is 0. The first-order valence-corrected chi connectivity index (χ1v) is 23.2. The monoisotopic (exact) mass is 960 g/mol. The summed E-state index contributed by atoms with van der Waals surface area (Å²) in [5, 5.41) is 40.3. The second-order valence-electron chi connectivity index (χ2n) is 18.2. The van der Waals surface area contributed by atoms with E-state index in [4.69, 9.17) is 5.73 Å². The molecule has 0 spiro atoms. The van der Waals surface area contributed by atoms with Gasteiger partial charge in [0.1, 0.15) is 42.3 Å². The van der Waals surface area contributed by atoms with Gasteiger partial charge < -0.3 is 63.4 Å². The summed E-state index contributed by atoms with van der Waals surface area (Å²) in [4.78, 5) is 133. The van der Waals surface area contributed by atoms with E-state index in [1.807, 2.05) is 36.4 Å². The van der Waals surface area contributed by atoms with Crippen LogP contribution >= 0.6 is 0 Å². The van der Waals surface area contributed by atoms with Crippen LogP contribution in [-0.2, 0) is 54.4 Å². The fourth-order valence-electron chi connectivity index (χ4n) is 8.89. The molecule has 11 atom stereocenters. The molecule has 3 heterocycles. The first kappa shape index (κ1) is 53.0. The van der Waals surface area contributed by atoms with Gasteiger partial charge in [-0.15, -0.1) is 0 Å². The number of carbonyl (C=O) groups excluding carboxylic acids is 9. The molecule has 3 saturated heterocycles. The van der Waals surface area contributed by atoms with Crippen molar-refractivity contribution in [3.8, 4) is 0 Å². The fraction of sp³-hybridized carbons (Fsp3) is 0.532. The summed E-state index contributed by atoms with van der Waals surface area (Å²) in [5.41, 5.74) is 7.29. The standard InChI is InChI=1S/C47H64N10O12/c1-24(2)38(55-43(65)33(22-37(60)61)54-46(68)39(26(4)58)56-42(64)31-16-11-17-49-31)45(67)50-23-36(59)52-34-21-30-19-29(28-14-9-6-10-15-28)20-35(57(30)47(34)69)44(66)51-25(3)41(63)53-32(40(48)62)18-27-12-7-5-8-13-27/h5-10,12-15,24-26,29-35,38-39,49,58H,11,16-23H2,1-4H3,(H2,48,62)(H,50,67)(H,51,66)(H,52,59)(H,53,63)(H,54,68)(H,55,65)(H,56,64)(H,60,61)/t25-,26+,29+,30+,31?,32-,33-,34-,35-,38-,39-/m0/s1. The summed E-state index contributed by atoms with van der Waals surface area (Å²) in [6.07, 6.45) is -0.199. The molecule has 0 saturated carbocycles. The molecular weight excluding hydrogens is 897 g/mol. The highest BCUT2D eigenvalue weighted by atomic mass is 16.4. The normalized spacial score (nSPS) is 22.3. The lowest BCUT2D eigenvalue weighted by molar-refractivity contribution is -0.144. The molecule has 0 aliphatic carbocycles. The number of piperidine rings is 1. The summed E-state index contributed by atoms with van der Waals surface area (Å²) in [6.45, 7) is 5.77. The minimum atomic E-state index is -1.74. The third kappa shape index (κ3) is 14.5. The molecule has 69 heavy (non-hydrogen) atoms. The van der Waals surface area contributed by atoms with Crippen molar-refractivity contribution in [3.63, 3.8) is 0 Å². The topological polar surface area (TPSA) is 337 Å². The Balaban J connectivity index is 1.20. The number of hydrogen-bond donors (Lipinski definition) is 11. The Kier molecular flexibility index (Phi) is 18.7. The highest BCUT2D eigenvalue weighted by molar-refractivity contribution is 5.99. The molecule has 0 aromatic heterocycles. The molecule has 2 aromatic rings. The van der Waals surface area contributed by atoms with Crippen LogP contribution in [0.3, 0.4) is 0 Å². The molecule has 9 amide bonds. The highest BCUT2D eigenvalue weighted by Gasteiger charge is 2.50. The number of benzene rings is 2. The number of aliphatic carboxylic acids is 1. The Hall–Kier alpha value is -6.94. The van der Waals surface area contributed by atoms with Gasteiger partial charge in [-0.05, 0) is 75.5 Å². The minimum absolute atomic E-state index is 0.125. The number of nitrogens with zero attached hydrogens (tertiary/aromatic N) is 1. The van der Waals surface area contributed by atoms with Gasteiger partial charge in [-0.2, -0.15) is 0 Å². The summed E-state index contributed by atoms with van der Waals surface area (Å²) in [5.74, 6) is -9.14. The molecule has 2 aromatic carbocycles. The molecule has 22 nitrogen and oxygen atoms in total. The van der Waals surface area contributed by atoms with Gasteiger partial charge in [0, 0.05) is 12.5 Å². The van der Waals surface area contributed by atoms with E-state index < -0.39 is 138 Å². The van der Waals surface area contributed by atoms with Crippen LogP contribution in [0.1, 0.15) is 83.3 Å². The molecule has 3 aliphatic rings. The van der Waals surface area contributed by atoms with E-state index in [9.17, 15) is 58.2 Å². The highest BCUT2D eigenvalue weighted by Crippen LogP contribution is 2.40. The van der Waals surface area contributed by atoms with Gasteiger partial charge in [0.15, 0.2) is 0 Å². The second kappa shape index (κ2) is 24.4. The van der Waals surface area contributed by atoms with E-state index in [0.717, 1.165) is 17.5 Å². The largest absolute Gasteiger partial charge is 0.481 e. The lowest BCUT2D eigenvalue weighted by Crippen LogP contribution is -2.61. The number of nitrogens with two attached hydrogens (primary N) is 1. The summed E-state index contributed by atoms with van der Waals surface area (Å²) in [6, 6.07) is 8.29. The molecule has 5 rings (SSSR count). The maximum atomic E-state index is 14.1. The van der Waals surface area contributed by atoms with E-state index in [-0.39, 0.29) is 25.2 Å². The number of carbonyl (C=O) groups is 10. The Bertz CT molecular complexity index is 2210. The zero-order valence-electron chi connectivity index (χ0n) is 39.1. The van der Waals surface area contributed by atoms with Crippen LogP contribution in [0.2, 0.25) is 0 Å². The van der Waals surface area contributed by atoms with Gasteiger partial charge in [-0.3, -0.25) is 47.9 Å². The first-order valence-electron chi connectivity index (χ1n) is 23.2. The van der Waals surface area contributed by atoms with Crippen LogP contribution in [-0.4, -0.2) is 148 Å². The number of carboxylic acid groups (broad SMARTS) is 1. The van der Waals surface area contributed by atoms with Gasteiger partial charge >= 0.3 is 5.97 Å².